The van der Waals surface area contributed by atoms with Gasteiger partial charge in [-0.25, -0.2) is 9.78 Å². The molecule has 0 aliphatic carbocycles. The summed E-state index contributed by atoms with van der Waals surface area (Å²) in [4.78, 5) is 30.5. The van der Waals surface area contributed by atoms with Crippen molar-refractivity contribution in [2.75, 3.05) is 18.4 Å². The molecule has 0 spiro atoms. The SMILES string of the molecule is Cc1nc(NC(=O)N2CCC(C(=O)O)CC2)sc1Cc1cccc(Cl)c1. The third kappa shape index (κ3) is 4.53. The van der Waals surface area contributed by atoms with Crippen LogP contribution in [0.25, 0.3) is 0 Å². The second-order valence-electron chi connectivity index (χ2n) is 6.36. The first kappa shape index (κ1) is 18.7. The lowest BCUT2D eigenvalue weighted by atomic mass is 9.97. The normalized spacial score (nSPS) is 15.1. The molecule has 1 aliphatic rings. The number of piperidine rings is 1. The van der Waals surface area contributed by atoms with Crippen LogP contribution in [0, 0.1) is 12.8 Å². The van der Waals surface area contributed by atoms with Crippen molar-refractivity contribution in [3.8, 4) is 0 Å². The molecule has 2 heterocycles. The van der Waals surface area contributed by atoms with E-state index in [0.717, 1.165) is 16.1 Å². The number of amides is 2. The fraction of sp³-hybridized carbons (Fsp3) is 0.389. The molecule has 0 radical (unpaired) electrons. The van der Waals surface area contributed by atoms with Gasteiger partial charge >= 0.3 is 12.0 Å². The van der Waals surface area contributed by atoms with E-state index in [9.17, 15) is 9.59 Å². The number of rotatable bonds is 4. The van der Waals surface area contributed by atoms with Crippen LogP contribution >= 0.6 is 22.9 Å². The number of aliphatic carboxylic acids is 1. The summed E-state index contributed by atoms with van der Waals surface area (Å²) in [7, 11) is 0. The standard InChI is InChI=1S/C18H20ClN3O3S/c1-11-15(10-12-3-2-4-14(19)9-12)26-17(20-11)21-18(25)22-7-5-13(6-8-22)16(23)24/h2-4,9,13H,5-8,10H2,1H3,(H,23,24)(H,20,21,25). The van der Waals surface area contributed by atoms with Crippen molar-refractivity contribution >= 4 is 40.1 Å². The smallest absolute Gasteiger partial charge is 0.323 e. The molecule has 3 rings (SSSR count). The van der Waals surface area contributed by atoms with E-state index < -0.39 is 5.97 Å². The van der Waals surface area contributed by atoms with Crippen molar-refractivity contribution in [3.63, 3.8) is 0 Å². The molecule has 6 nitrogen and oxygen atoms in total. The van der Waals surface area contributed by atoms with Crippen LogP contribution < -0.4 is 5.32 Å². The number of aryl methyl sites for hydroxylation is 1. The molecular formula is C18H20ClN3O3S. The van der Waals surface area contributed by atoms with Crippen molar-refractivity contribution in [3.05, 3.63) is 45.4 Å². The number of hydrogen-bond acceptors (Lipinski definition) is 4. The minimum Gasteiger partial charge on any atom is -0.481 e. The molecule has 1 fully saturated rings. The number of carbonyl (C=O) groups excluding carboxylic acids is 1. The third-order valence-corrected chi connectivity index (χ3v) is 5.80. The second kappa shape index (κ2) is 8.05. The van der Waals surface area contributed by atoms with Gasteiger partial charge in [0.25, 0.3) is 0 Å². The third-order valence-electron chi connectivity index (χ3n) is 4.49. The number of urea groups is 1. The maximum absolute atomic E-state index is 12.4. The number of benzene rings is 1. The van der Waals surface area contributed by atoms with Gasteiger partial charge in [0.05, 0.1) is 11.6 Å². The lowest BCUT2D eigenvalue weighted by Crippen LogP contribution is -2.42. The van der Waals surface area contributed by atoms with Gasteiger partial charge in [-0.15, -0.1) is 11.3 Å². The first-order chi connectivity index (χ1) is 12.4. The van der Waals surface area contributed by atoms with Crippen LogP contribution in [0.2, 0.25) is 5.02 Å². The average Bonchev–Trinajstić information content (AvgIpc) is 2.94. The van der Waals surface area contributed by atoms with Gasteiger partial charge in [0, 0.05) is 29.4 Å². The Morgan fingerprint density at radius 3 is 2.77 bits per heavy atom. The molecule has 1 aromatic carbocycles. The zero-order chi connectivity index (χ0) is 18.7. The number of thiazole rings is 1. The van der Waals surface area contributed by atoms with E-state index in [4.69, 9.17) is 16.7 Å². The molecule has 138 valence electrons. The van der Waals surface area contributed by atoms with Crippen LogP contribution in [-0.4, -0.2) is 40.1 Å². The number of carbonyl (C=O) groups is 2. The van der Waals surface area contributed by atoms with Gasteiger partial charge < -0.3 is 10.0 Å². The van der Waals surface area contributed by atoms with E-state index in [2.05, 4.69) is 10.3 Å². The number of anilines is 1. The van der Waals surface area contributed by atoms with Crippen molar-refractivity contribution in [1.29, 1.82) is 0 Å². The van der Waals surface area contributed by atoms with Gasteiger partial charge in [-0.1, -0.05) is 23.7 Å². The highest BCUT2D eigenvalue weighted by Crippen LogP contribution is 2.27. The van der Waals surface area contributed by atoms with Crippen LogP contribution in [0.15, 0.2) is 24.3 Å². The van der Waals surface area contributed by atoms with Crippen LogP contribution in [0.5, 0.6) is 0 Å². The Morgan fingerprint density at radius 2 is 2.12 bits per heavy atom. The largest absolute Gasteiger partial charge is 0.481 e. The quantitative estimate of drug-likeness (QED) is 0.821. The summed E-state index contributed by atoms with van der Waals surface area (Å²) in [6.07, 6.45) is 1.68. The molecule has 1 aliphatic heterocycles. The monoisotopic (exact) mass is 393 g/mol. The van der Waals surface area contributed by atoms with Gasteiger partial charge in [-0.2, -0.15) is 0 Å². The Kier molecular flexibility index (Phi) is 5.78. The van der Waals surface area contributed by atoms with Gasteiger partial charge in [-0.3, -0.25) is 10.1 Å². The summed E-state index contributed by atoms with van der Waals surface area (Å²) in [5.74, 6) is -1.14. The maximum Gasteiger partial charge on any atom is 0.323 e. The van der Waals surface area contributed by atoms with Crippen molar-refractivity contribution in [1.82, 2.24) is 9.88 Å². The van der Waals surface area contributed by atoms with Crippen LogP contribution in [0.4, 0.5) is 9.93 Å². The number of carboxylic acids is 1. The molecule has 0 unspecified atom stereocenters. The van der Waals surface area contributed by atoms with E-state index in [1.54, 1.807) is 4.90 Å². The summed E-state index contributed by atoms with van der Waals surface area (Å²) in [6.45, 7) is 2.81. The number of nitrogens with zero attached hydrogens (tertiary/aromatic N) is 2. The molecule has 0 bridgehead atoms. The van der Waals surface area contributed by atoms with E-state index in [-0.39, 0.29) is 11.9 Å². The van der Waals surface area contributed by atoms with E-state index in [1.807, 2.05) is 31.2 Å². The number of carboxylic acid groups (broad SMARTS) is 1. The highest BCUT2D eigenvalue weighted by Gasteiger charge is 2.27. The van der Waals surface area contributed by atoms with Crippen molar-refractivity contribution in [2.45, 2.75) is 26.2 Å². The Hall–Kier alpha value is -2.12. The Balaban J connectivity index is 1.60. The maximum atomic E-state index is 12.4. The number of likely N-dealkylation sites (tertiary alicyclic amines) is 1. The lowest BCUT2D eigenvalue weighted by molar-refractivity contribution is -0.143. The summed E-state index contributed by atoms with van der Waals surface area (Å²) in [5, 5.41) is 13.1. The number of halogens is 1. The van der Waals surface area contributed by atoms with Crippen LogP contribution in [0.3, 0.4) is 0 Å². The van der Waals surface area contributed by atoms with E-state index >= 15 is 0 Å². The van der Waals surface area contributed by atoms with Crippen molar-refractivity contribution < 1.29 is 14.7 Å². The molecule has 1 aromatic heterocycles. The number of aromatic nitrogens is 1. The van der Waals surface area contributed by atoms with Gasteiger partial charge in [-0.05, 0) is 37.5 Å². The zero-order valence-corrected chi connectivity index (χ0v) is 15.9. The van der Waals surface area contributed by atoms with E-state index in [0.29, 0.717) is 42.5 Å². The molecule has 0 saturated carbocycles. The molecule has 8 heteroatoms. The average molecular weight is 394 g/mol. The molecule has 26 heavy (non-hydrogen) atoms. The highest BCUT2D eigenvalue weighted by atomic mass is 35.5. The second-order valence-corrected chi connectivity index (χ2v) is 7.88. The fourth-order valence-electron chi connectivity index (χ4n) is 2.98. The van der Waals surface area contributed by atoms with Gasteiger partial charge in [0.15, 0.2) is 5.13 Å². The lowest BCUT2D eigenvalue weighted by Gasteiger charge is -2.29. The first-order valence-corrected chi connectivity index (χ1v) is 9.61. The van der Waals surface area contributed by atoms with Crippen LogP contribution in [-0.2, 0) is 11.2 Å². The number of nitrogens with one attached hydrogen (secondary N) is 1. The minimum atomic E-state index is -0.786. The number of hydrogen-bond donors (Lipinski definition) is 2. The zero-order valence-electron chi connectivity index (χ0n) is 14.4. The molecule has 0 atom stereocenters. The topological polar surface area (TPSA) is 82.5 Å². The molecule has 1 saturated heterocycles. The summed E-state index contributed by atoms with van der Waals surface area (Å²) in [6, 6.07) is 7.46. The summed E-state index contributed by atoms with van der Waals surface area (Å²) < 4.78 is 0. The molecular weight excluding hydrogens is 374 g/mol. The summed E-state index contributed by atoms with van der Waals surface area (Å²) >= 11 is 7.48. The van der Waals surface area contributed by atoms with Crippen molar-refractivity contribution in [2.24, 2.45) is 5.92 Å². The van der Waals surface area contributed by atoms with E-state index in [1.165, 1.54) is 11.3 Å². The summed E-state index contributed by atoms with van der Waals surface area (Å²) in [5.41, 5.74) is 1.98. The Morgan fingerprint density at radius 1 is 1.38 bits per heavy atom. The fourth-order valence-corrected chi connectivity index (χ4v) is 4.18. The Bertz CT molecular complexity index is 816. The predicted octanol–water partition coefficient (Wildman–Crippen LogP) is 4.02. The highest BCUT2D eigenvalue weighted by molar-refractivity contribution is 7.15. The first-order valence-electron chi connectivity index (χ1n) is 8.42. The van der Waals surface area contributed by atoms with Gasteiger partial charge in [0.2, 0.25) is 0 Å². The Labute approximate surface area is 160 Å². The molecule has 2 N–H and O–H groups in total. The minimum absolute atomic E-state index is 0.225. The van der Waals surface area contributed by atoms with Gasteiger partial charge in [0.1, 0.15) is 0 Å². The van der Waals surface area contributed by atoms with Crippen LogP contribution in [0.1, 0.15) is 29.0 Å². The predicted molar refractivity (Wildman–Crippen MR) is 102 cm³/mol. The molecule has 2 aromatic rings. The molecule has 2 amide bonds.